The topological polar surface area (TPSA) is 0 Å². The summed E-state index contributed by atoms with van der Waals surface area (Å²) in [5.74, 6) is -2.55. The molecule has 0 aliphatic heterocycles. The van der Waals surface area contributed by atoms with Crippen molar-refractivity contribution in [2.75, 3.05) is 11.2 Å². The number of hydrogen-bond acceptors (Lipinski definition) is 0. The molecule has 0 radical (unpaired) electrons. The third-order valence-corrected chi connectivity index (χ3v) is 1.51. The standard InChI is InChI=1S/C5H8BrClF2/c6-3-1-5(8,9)2-4-7/h1-4H2. The Kier molecular flexibility index (Phi) is 4.76. The highest BCUT2D eigenvalue weighted by Gasteiger charge is 2.26. The molecule has 0 saturated heterocycles. The van der Waals surface area contributed by atoms with Crippen molar-refractivity contribution in [2.24, 2.45) is 0 Å². The fraction of sp³-hybridized carbons (Fsp3) is 1.00. The van der Waals surface area contributed by atoms with Crippen molar-refractivity contribution < 1.29 is 8.78 Å². The van der Waals surface area contributed by atoms with Gasteiger partial charge in [0.25, 0.3) is 0 Å². The first kappa shape index (κ1) is 9.63. The van der Waals surface area contributed by atoms with E-state index in [1.807, 2.05) is 0 Å². The minimum Gasteiger partial charge on any atom is -0.207 e. The fourth-order valence-electron chi connectivity index (χ4n) is 0.401. The van der Waals surface area contributed by atoms with E-state index in [1.165, 1.54) is 0 Å². The van der Waals surface area contributed by atoms with E-state index in [9.17, 15) is 8.78 Å². The Morgan fingerprint density at radius 1 is 1.33 bits per heavy atom. The lowest BCUT2D eigenvalue weighted by Gasteiger charge is -2.11. The molecule has 0 atom stereocenters. The molecule has 0 spiro atoms. The zero-order valence-corrected chi connectivity index (χ0v) is 7.18. The van der Waals surface area contributed by atoms with Crippen molar-refractivity contribution in [2.45, 2.75) is 18.8 Å². The highest BCUT2D eigenvalue weighted by atomic mass is 79.9. The predicted molar refractivity (Wildman–Crippen MR) is 38.7 cm³/mol. The smallest absolute Gasteiger partial charge is 0.207 e. The van der Waals surface area contributed by atoms with E-state index in [4.69, 9.17) is 11.6 Å². The molecule has 0 aromatic rings. The van der Waals surface area contributed by atoms with Gasteiger partial charge in [-0.1, -0.05) is 15.9 Å². The maximum atomic E-state index is 12.3. The first-order chi connectivity index (χ1) is 4.12. The molecule has 0 saturated carbocycles. The normalized spacial score (nSPS) is 12.0. The van der Waals surface area contributed by atoms with Crippen LogP contribution in [0.5, 0.6) is 0 Å². The van der Waals surface area contributed by atoms with Gasteiger partial charge in [0.2, 0.25) is 5.92 Å². The van der Waals surface area contributed by atoms with Gasteiger partial charge in [0.05, 0.1) is 0 Å². The van der Waals surface area contributed by atoms with Crippen LogP contribution in [-0.2, 0) is 0 Å². The Morgan fingerprint density at radius 2 is 1.89 bits per heavy atom. The Bertz CT molecular complexity index is 69.4. The molecule has 0 aromatic carbocycles. The SMILES string of the molecule is FC(F)(CCCl)CCBr. The summed E-state index contributed by atoms with van der Waals surface area (Å²) in [7, 11) is 0. The van der Waals surface area contributed by atoms with Crippen molar-refractivity contribution in [1.29, 1.82) is 0 Å². The summed E-state index contributed by atoms with van der Waals surface area (Å²) in [5, 5.41) is 0.330. The molecule has 0 aliphatic rings. The highest BCUT2D eigenvalue weighted by molar-refractivity contribution is 9.09. The van der Waals surface area contributed by atoms with Crippen molar-refractivity contribution in [3.05, 3.63) is 0 Å². The van der Waals surface area contributed by atoms with Crippen LogP contribution < -0.4 is 0 Å². The second kappa shape index (κ2) is 4.45. The lowest BCUT2D eigenvalue weighted by Crippen LogP contribution is -2.16. The van der Waals surface area contributed by atoms with Crippen LogP contribution in [-0.4, -0.2) is 17.1 Å². The second-order valence-electron chi connectivity index (χ2n) is 1.73. The number of hydrogen-bond donors (Lipinski definition) is 0. The minimum atomic E-state index is -2.58. The van der Waals surface area contributed by atoms with Crippen molar-refractivity contribution in [3.8, 4) is 0 Å². The third-order valence-electron chi connectivity index (χ3n) is 0.921. The van der Waals surface area contributed by atoms with Gasteiger partial charge in [-0.25, -0.2) is 8.78 Å². The number of rotatable bonds is 4. The largest absolute Gasteiger partial charge is 0.250 e. The molecule has 0 rings (SSSR count). The second-order valence-corrected chi connectivity index (χ2v) is 2.90. The maximum absolute atomic E-state index is 12.3. The van der Waals surface area contributed by atoms with Gasteiger partial charge in [0.1, 0.15) is 0 Å². The van der Waals surface area contributed by atoms with Crippen molar-refractivity contribution in [1.82, 2.24) is 0 Å². The quantitative estimate of drug-likeness (QED) is 0.640. The molecule has 0 unspecified atom stereocenters. The lowest BCUT2D eigenvalue weighted by molar-refractivity contribution is -0.00405. The van der Waals surface area contributed by atoms with Crippen LogP contribution in [0.15, 0.2) is 0 Å². The molecule has 0 N–H and O–H groups in total. The molecule has 56 valence electrons. The summed E-state index contributed by atoms with van der Waals surface area (Å²) in [6.07, 6.45) is -0.347. The molecule has 0 nitrogen and oxygen atoms in total. The average Bonchev–Trinajstić information content (AvgIpc) is 1.64. The van der Waals surface area contributed by atoms with Crippen LogP contribution in [0.1, 0.15) is 12.8 Å². The zero-order valence-electron chi connectivity index (χ0n) is 4.84. The number of halogens is 4. The molecule has 0 fully saturated rings. The summed E-state index contributed by atoms with van der Waals surface area (Å²) in [6.45, 7) is 0. The van der Waals surface area contributed by atoms with Gasteiger partial charge in [-0.05, 0) is 0 Å². The van der Waals surface area contributed by atoms with Gasteiger partial charge >= 0.3 is 0 Å². The monoisotopic (exact) mass is 220 g/mol. The predicted octanol–water partition coefficient (Wildman–Crippen LogP) is 3.04. The van der Waals surface area contributed by atoms with E-state index in [0.29, 0.717) is 5.33 Å². The summed E-state index contributed by atoms with van der Waals surface area (Å²) >= 11 is 8.06. The summed E-state index contributed by atoms with van der Waals surface area (Å²) in [5.41, 5.74) is 0. The van der Waals surface area contributed by atoms with E-state index in [1.54, 1.807) is 0 Å². The van der Waals surface area contributed by atoms with Gasteiger partial charge in [-0.3, -0.25) is 0 Å². The van der Waals surface area contributed by atoms with Crippen LogP contribution in [0, 0.1) is 0 Å². The van der Waals surface area contributed by atoms with Gasteiger partial charge in [0.15, 0.2) is 0 Å². The molecule has 0 heterocycles. The van der Waals surface area contributed by atoms with Crippen LogP contribution >= 0.6 is 27.5 Å². The molecular formula is C5H8BrClF2. The zero-order chi connectivity index (χ0) is 7.33. The molecule has 0 bridgehead atoms. The number of alkyl halides is 4. The average molecular weight is 221 g/mol. The molecule has 0 aromatic heterocycles. The molecule has 0 aliphatic carbocycles. The van der Waals surface area contributed by atoms with E-state index in [2.05, 4.69) is 15.9 Å². The highest BCUT2D eigenvalue weighted by Crippen LogP contribution is 2.23. The summed E-state index contributed by atoms with van der Waals surface area (Å²) < 4.78 is 24.6. The third kappa shape index (κ3) is 5.09. The van der Waals surface area contributed by atoms with E-state index >= 15 is 0 Å². The lowest BCUT2D eigenvalue weighted by atomic mass is 10.2. The van der Waals surface area contributed by atoms with Crippen LogP contribution in [0.2, 0.25) is 0 Å². The van der Waals surface area contributed by atoms with Gasteiger partial charge in [-0.2, -0.15) is 0 Å². The minimum absolute atomic E-state index is 0.0278. The molecule has 9 heavy (non-hydrogen) atoms. The van der Waals surface area contributed by atoms with Crippen molar-refractivity contribution in [3.63, 3.8) is 0 Å². The van der Waals surface area contributed by atoms with E-state index in [-0.39, 0.29) is 18.7 Å². The van der Waals surface area contributed by atoms with Crippen LogP contribution in [0.3, 0.4) is 0 Å². The molecule has 0 amide bonds. The molecular weight excluding hydrogens is 213 g/mol. The first-order valence-corrected chi connectivity index (χ1v) is 4.28. The van der Waals surface area contributed by atoms with Crippen molar-refractivity contribution >= 4 is 27.5 Å². The van der Waals surface area contributed by atoms with Gasteiger partial charge in [0, 0.05) is 24.1 Å². The summed E-state index contributed by atoms with van der Waals surface area (Å²) in [6, 6.07) is 0. The van der Waals surface area contributed by atoms with Gasteiger partial charge in [-0.15, -0.1) is 11.6 Å². The van der Waals surface area contributed by atoms with Gasteiger partial charge < -0.3 is 0 Å². The molecule has 4 heteroatoms. The first-order valence-electron chi connectivity index (χ1n) is 2.62. The summed E-state index contributed by atoms with van der Waals surface area (Å²) in [4.78, 5) is 0. The Morgan fingerprint density at radius 3 is 2.22 bits per heavy atom. The Balaban J connectivity index is 3.43. The Labute approximate surface area is 66.7 Å². The van der Waals surface area contributed by atoms with Crippen LogP contribution in [0.25, 0.3) is 0 Å². The van der Waals surface area contributed by atoms with E-state index in [0.717, 1.165) is 0 Å². The maximum Gasteiger partial charge on any atom is 0.250 e. The van der Waals surface area contributed by atoms with Crippen LogP contribution in [0.4, 0.5) is 8.78 Å². The van der Waals surface area contributed by atoms with E-state index < -0.39 is 5.92 Å². The fourth-order valence-corrected chi connectivity index (χ4v) is 1.26. The Hall–Kier alpha value is 0.630.